The zero-order chi connectivity index (χ0) is 13.9. The Kier molecular flexibility index (Phi) is 3.89. The van der Waals surface area contributed by atoms with Crippen molar-refractivity contribution in [3.05, 3.63) is 33.9 Å². The molecule has 18 heavy (non-hydrogen) atoms. The molecule has 0 radical (unpaired) electrons. The summed E-state index contributed by atoms with van der Waals surface area (Å²) in [5.74, 6) is -0.602. The van der Waals surface area contributed by atoms with E-state index in [1.54, 1.807) is 0 Å². The molecule has 0 unspecified atom stereocenters. The highest BCUT2D eigenvalue weighted by Crippen LogP contribution is 2.37. The second-order valence-corrected chi connectivity index (χ2v) is 3.39. The number of amides is 1. The van der Waals surface area contributed by atoms with E-state index in [0.717, 1.165) is 12.1 Å². The van der Waals surface area contributed by atoms with Crippen molar-refractivity contribution in [3.8, 4) is 0 Å². The van der Waals surface area contributed by atoms with E-state index in [0.29, 0.717) is 6.07 Å². The van der Waals surface area contributed by atoms with Gasteiger partial charge in [-0.2, -0.15) is 13.2 Å². The van der Waals surface area contributed by atoms with E-state index in [1.807, 2.05) is 0 Å². The van der Waals surface area contributed by atoms with Gasteiger partial charge < -0.3 is 5.32 Å². The Labute approximate surface area is 99.8 Å². The molecule has 8 heteroatoms. The lowest BCUT2D eigenvalue weighted by molar-refractivity contribution is -0.385. The van der Waals surface area contributed by atoms with Crippen LogP contribution in [0.1, 0.15) is 18.9 Å². The number of nitro groups is 1. The monoisotopic (exact) mass is 262 g/mol. The van der Waals surface area contributed by atoms with Crippen molar-refractivity contribution in [2.75, 3.05) is 5.32 Å². The predicted molar refractivity (Wildman–Crippen MR) is 57.0 cm³/mol. The number of halogens is 3. The zero-order valence-electron chi connectivity index (χ0n) is 9.25. The first-order chi connectivity index (χ1) is 8.25. The quantitative estimate of drug-likeness (QED) is 0.672. The van der Waals surface area contributed by atoms with Gasteiger partial charge in [-0.05, 0) is 6.07 Å². The van der Waals surface area contributed by atoms with Crippen molar-refractivity contribution in [2.45, 2.75) is 19.5 Å². The number of nitrogens with zero attached hydrogens (tertiary/aromatic N) is 1. The number of benzene rings is 1. The van der Waals surface area contributed by atoms with Gasteiger partial charge in [0.05, 0.1) is 16.2 Å². The van der Waals surface area contributed by atoms with Crippen LogP contribution in [0.15, 0.2) is 18.2 Å². The Morgan fingerprint density at radius 1 is 1.44 bits per heavy atom. The number of hydrogen-bond acceptors (Lipinski definition) is 3. The molecule has 0 saturated carbocycles. The lowest BCUT2D eigenvalue weighted by Crippen LogP contribution is -2.15. The predicted octanol–water partition coefficient (Wildman–Crippen LogP) is 2.96. The fourth-order valence-electron chi connectivity index (χ4n) is 1.23. The van der Waals surface area contributed by atoms with Crippen LogP contribution >= 0.6 is 0 Å². The average molecular weight is 262 g/mol. The summed E-state index contributed by atoms with van der Waals surface area (Å²) in [6.45, 7) is 1.48. The summed E-state index contributed by atoms with van der Waals surface area (Å²) in [6.07, 6.45) is -4.77. The largest absolute Gasteiger partial charge is 0.418 e. The molecule has 0 bridgehead atoms. The molecule has 0 saturated heterocycles. The average Bonchev–Trinajstić information content (AvgIpc) is 2.27. The molecule has 0 aliphatic rings. The SMILES string of the molecule is CCC(=O)Nc1ccc([N+](=O)[O-])cc1C(F)(F)F. The Balaban J connectivity index is 3.26. The Morgan fingerprint density at radius 3 is 2.50 bits per heavy atom. The van der Waals surface area contributed by atoms with Crippen LogP contribution in [-0.4, -0.2) is 10.8 Å². The molecule has 1 aromatic carbocycles. The Bertz CT molecular complexity index is 486. The van der Waals surface area contributed by atoms with Gasteiger partial charge in [-0.1, -0.05) is 6.92 Å². The molecular weight excluding hydrogens is 253 g/mol. The van der Waals surface area contributed by atoms with Crippen LogP contribution in [0, 0.1) is 10.1 Å². The van der Waals surface area contributed by atoms with Crippen LogP contribution in [0.5, 0.6) is 0 Å². The van der Waals surface area contributed by atoms with Crippen molar-refractivity contribution in [2.24, 2.45) is 0 Å². The maximum absolute atomic E-state index is 12.7. The first-order valence-electron chi connectivity index (χ1n) is 4.91. The summed E-state index contributed by atoms with van der Waals surface area (Å²) in [4.78, 5) is 20.6. The lowest BCUT2D eigenvalue weighted by Gasteiger charge is -2.13. The third-order valence-corrected chi connectivity index (χ3v) is 2.11. The molecule has 0 atom stereocenters. The van der Waals surface area contributed by atoms with Gasteiger partial charge in [-0.25, -0.2) is 0 Å². The molecule has 5 nitrogen and oxygen atoms in total. The van der Waals surface area contributed by atoms with Crippen LogP contribution in [0.3, 0.4) is 0 Å². The number of nitro benzene ring substituents is 1. The van der Waals surface area contributed by atoms with Gasteiger partial charge >= 0.3 is 6.18 Å². The molecule has 0 aliphatic carbocycles. The standard InChI is InChI=1S/C10H9F3N2O3/c1-2-9(16)14-8-4-3-6(15(17)18)5-7(8)10(11,12)13/h3-5H,2H2,1H3,(H,14,16). The summed E-state index contributed by atoms with van der Waals surface area (Å²) in [6, 6.07) is 2.17. The molecule has 0 heterocycles. The van der Waals surface area contributed by atoms with Crippen molar-refractivity contribution in [1.29, 1.82) is 0 Å². The van der Waals surface area contributed by atoms with Crippen LogP contribution in [0.25, 0.3) is 0 Å². The smallest absolute Gasteiger partial charge is 0.326 e. The summed E-state index contributed by atoms with van der Waals surface area (Å²) in [5.41, 5.74) is -2.41. The van der Waals surface area contributed by atoms with Gasteiger partial charge in [0.15, 0.2) is 0 Å². The van der Waals surface area contributed by atoms with E-state index in [4.69, 9.17) is 0 Å². The van der Waals surface area contributed by atoms with E-state index in [-0.39, 0.29) is 6.42 Å². The van der Waals surface area contributed by atoms with E-state index in [2.05, 4.69) is 5.32 Å². The van der Waals surface area contributed by atoms with E-state index < -0.39 is 33.9 Å². The highest BCUT2D eigenvalue weighted by Gasteiger charge is 2.35. The van der Waals surface area contributed by atoms with Gasteiger partial charge in [0.2, 0.25) is 5.91 Å². The Hall–Kier alpha value is -2.12. The van der Waals surface area contributed by atoms with Crippen molar-refractivity contribution in [1.82, 2.24) is 0 Å². The Morgan fingerprint density at radius 2 is 2.06 bits per heavy atom. The zero-order valence-corrected chi connectivity index (χ0v) is 9.25. The number of nitrogens with one attached hydrogen (secondary N) is 1. The van der Waals surface area contributed by atoms with Gasteiger partial charge in [-0.3, -0.25) is 14.9 Å². The molecule has 0 aromatic heterocycles. The van der Waals surface area contributed by atoms with Gasteiger partial charge in [0.1, 0.15) is 0 Å². The number of carbonyl (C=O) groups is 1. The number of rotatable bonds is 3. The van der Waals surface area contributed by atoms with Crippen LogP contribution in [0.4, 0.5) is 24.5 Å². The summed E-state index contributed by atoms with van der Waals surface area (Å²) < 4.78 is 38.0. The maximum atomic E-state index is 12.7. The molecule has 0 fully saturated rings. The molecule has 0 aliphatic heterocycles. The van der Waals surface area contributed by atoms with Crippen molar-refractivity contribution < 1.29 is 22.9 Å². The third-order valence-electron chi connectivity index (χ3n) is 2.11. The molecule has 1 rings (SSSR count). The highest BCUT2D eigenvalue weighted by atomic mass is 19.4. The number of hydrogen-bond donors (Lipinski definition) is 1. The second kappa shape index (κ2) is 5.03. The number of non-ortho nitro benzene ring substituents is 1. The number of carbonyl (C=O) groups excluding carboxylic acids is 1. The minimum absolute atomic E-state index is 0.00822. The number of anilines is 1. The molecule has 0 spiro atoms. The maximum Gasteiger partial charge on any atom is 0.418 e. The summed E-state index contributed by atoms with van der Waals surface area (Å²) in [7, 11) is 0. The van der Waals surface area contributed by atoms with E-state index >= 15 is 0 Å². The molecular formula is C10H9F3N2O3. The highest BCUT2D eigenvalue weighted by molar-refractivity contribution is 5.91. The van der Waals surface area contributed by atoms with Crippen molar-refractivity contribution >= 4 is 17.3 Å². The summed E-state index contributed by atoms with van der Waals surface area (Å²) in [5, 5.41) is 12.5. The first-order valence-corrected chi connectivity index (χ1v) is 4.91. The molecule has 1 amide bonds. The lowest BCUT2D eigenvalue weighted by atomic mass is 10.1. The van der Waals surface area contributed by atoms with Crippen LogP contribution in [-0.2, 0) is 11.0 Å². The topological polar surface area (TPSA) is 72.2 Å². The number of alkyl halides is 3. The molecule has 98 valence electrons. The van der Waals surface area contributed by atoms with Crippen LogP contribution < -0.4 is 5.32 Å². The minimum atomic E-state index is -4.78. The van der Waals surface area contributed by atoms with E-state index in [1.165, 1.54) is 6.92 Å². The molecule has 1 aromatic rings. The first kappa shape index (κ1) is 13.9. The van der Waals surface area contributed by atoms with Gasteiger partial charge in [0.25, 0.3) is 5.69 Å². The minimum Gasteiger partial charge on any atom is -0.326 e. The fraction of sp³-hybridized carbons (Fsp3) is 0.300. The van der Waals surface area contributed by atoms with Gasteiger partial charge in [-0.15, -0.1) is 0 Å². The summed E-state index contributed by atoms with van der Waals surface area (Å²) >= 11 is 0. The van der Waals surface area contributed by atoms with Crippen molar-refractivity contribution in [3.63, 3.8) is 0 Å². The molecule has 1 N–H and O–H groups in total. The van der Waals surface area contributed by atoms with E-state index in [9.17, 15) is 28.1 Å². The van der Waals surface area contributed by atoms with Crippen LogP contribution in [0.2, 0.25) is 0 Å². The third kappa shape index (κ3) is 3.19. The van der Waals surface area contributed by atoms with Gasteiger partial charge in [0, 0.05) is 18.6 Å². The fourth-order valence-corrected chi connectivity index (χ4v) is 1.23. The second-order valence-electron chi connectivity index (χ2n) is 3.39. The normalized spacial score (nSPS) is 11.1.